The van der Waals surface area contributed by atoms with E-state index in [0.29, 0.717) is 30.0 Å². The summed E-state index contributed by atoms with van der Waals surface area (Å²) in [4.78, 5) is 20.6. The maximum atomic E-state index is 13.7. The summed E-state index contributed by atoms with van der Waals surface area (Å²) in [5.41, 5.74) is 1.49. The maximum absolute atomic E-state index is 13.7. The van der Waals surface area contributed by atoms with Gasteiger partial charge in [0.1, 0.15) is 29.4 Å². The largest absolute Gasteiger partial charge is 0.491 e. The number of carbonyl (C=O) groups excluding carboxylic acids is 1. The number of anilines is 2. The molecule has 29 heavy (non-hydrogen) atoms. The number of hydrogen-bond acceptors (Lipinski definition) is 5. The highest BCUT2D eigenvalue weighted by Crippen LogP contribution is 2.17. The van der Waals surface area contributed by atoms with Crippen molar-refractivity contribution in [3.8, 4) is 5.75 Å². The Bertz CT molecular complexity index is 961. The summed E-state index contributed by atoms with van der Waals surface area (Å²) < 4.78 is 19.3. The normalized spacial score (nSPS) is 10.6. The smallest absolute Gasteiger partial charge is 0.274 e. The fourth-order valence-electron chi connectivity index (χ4n) is 2.69. The minimum atomic E-state index is -0.345. The van der Waals surface area contributed by atoms with Gasteiger partial charge in [0.15, 0.2) is 0 Å². The Balaban J connectivity index is 1.57. The van der Waals surface area contributed by atoms with Gasteiger partial charge in [-0.15, -0.1) is 0 Å². The van der Waals surface area contributed by atoms with Crippen molar-refractivity contribution >= 4 is 17.4 Å². The Hall–Kier alpha value is -3.48. The average molecular weight is 394 g/mol. The first-order chi connectivity index (χ1) is 14.0. The molecule has 0 radical (unpaired) electrons. The Labute approximate surface area is 169 Å². The number of halogens is 1. The van der Waals surface area contributed by atoms with Crippen molar-refractivity contribution in [2.24, 2.45) is 0 Å². The molecule has 7 heteroatoms. The van der Waals surface area contributed by atoms with Crippen LogP contribution in [0.2, 0.25) is 0 Å². The van der Waals surface area contributed by atoms with E-state index in [9.17, 15) is 9.18 Å². The van der Waals surface area contributed by atoms with Crippen LogP contribution in [0, 0.1) is 5.82 Å². The van der Waals surface area contributed by atoms with Crippen molar-refractivity contribution in [3.63, 3.8) is 0 Å². The monoisotopic (exact) mass is 394 g/mol. The summed E-state index contributed by atoms with van der Waals surface area (Å²) in [7, 11) is 0. The molecule has 0 aliphatic carbocycles. The number of hydrogen-bond donors (Lipinski definition) is 2. The van der Waals surface area contributed by atoms with Crippen molar-refractivity contribution in [3.05, 3.63) is 78.0 Å². The molecule has 0 aliphatic rings. The molecule has 6 nitrogen and oxygen atoms in total. The Morgan fingerprint density at radius 1 is 1.10 bits per heavy atom. The van der Waals surface area contributed by atoms with Crippen LogP contribution < -0.4 is 15.4 Å². The van der Waals surface area contributed by atoms with Crippen LogP contribution in [-0.4, -0.2) is 28.5 Å². The maximum Gasteiger partial charge on any atom is 0.274 e. The molecule has 1 aromatic heterocycles. The highest BCUT2D eigenvalue weighted by molar-refractivity contribution is 6.03. The van der Waals surface area contributed by atoms with Crippen LogP contribution in [0.1, 0.15) is 29.9 Å². The van der Waals surface area contributed by atoms with Crippen LogP contribution in [0.25, 0.3) is 0 Å². The molecule has 0 unspecified atom stereocenters. The Morgan fingerprint density at radius 3 is 2.59 bits per heavy atom. The van der Waals surface area contributed by atoms with E-state index in [2.05, 4.69) is 20.6 Å². The summed E-state index contributed by atoms with van der Waals surface area (Å²) in [6, 6.07) is 15.3. The zero-order chi connectivity index (χ0) is 20.6. The molecule has 3 aromatic rings. The lowest BCUT2D eigenvalue weighted by molar-refractivity contribution is 0.102. The first-order valence-electron chi connectivity index (χ1n) is 9.38. The van der Waals surface area contributed by atoms with Gasteiger partial charge in [-0.3, -0.25) is 4.79 Å². The minimum Gasteiger partial charge on any atom is -0.491 e. The van der Waals surface area contributed by atoms with Gasteiger partial charge in [-0.1, -0.05) is 18.2 Å². The summed E-state index contributed by atoms with van der Waals surface area (Å²) in [6.45, 7) is 4.38. The molecule has 1 heterocycles. The molecule has 1 amide bonds. The summed E-state index contributed by atoms with van der Waals surface area (Å²) >= 11 is 0. The predicted molar refractivity (Wildman–Crippen MR) is 111 cm³/mol. The quantitative estimate of drug-likeness (QED) is 0.595. The second-order valence-corrected chi connectivity index (χ2v) is 6.70. The first kappa shape index (κ1) is 20.3. The number of nitrogens with zero attached hydrogens (tertiary/aromatic N) is 2. The molecule has 0 fully saturated rings. The van der Waals surface area contributed by atoms with Crippen LogP contribution in [0.4, 0.5) is 15.9 Å². The third-order valence-corrected chi connectivity index (χ3v) is 4.04. The molecule has 0 aliphatic heterocycles. The van der Waals surface area contributed by atoms with Crippen LogP contribution in [0.5, 0.6) is 5.75 Å². The fourth-order valence-corrected chi connectivity index (χ4v) is 2.69. The predicted octanol–water partition coefficient (Wildman–Crippen LogP) is 4.31. The molecule has 2 aromatic carbocycles. The lowest BCUT2D eigenvalue weighted by atomic mass is 10.1. The van der Waals surface area contributed by atoms with Gasteiger partial charge in [0.25, 0.3) is 5.91 Å². The van der Waals surface area contributed by atoms with Gasteiger partial charge in [0, 0.05) is 18.3 Å². The molecule has 150 valence electrons. The average Bonchev–Trinajstić information content (AvgIpc) is 2.71. The second kappa shape index (κ2) is 9.64. The van der Waals surface area contributed by atoms with E-state index in [4.69, 9.17) is 4.74 Å². The number of nitrogens with one attached hydrogen (secondary N) is 2. The van der Waals surface area contributed by atoms with Crippen LogP contribution >= 0.6 is 0 Å². The van der Waals surface area contributed by atoms with Crippen LogP contribution in [-0.2, 0) is 6.42 Å². The molecule has 0 spiro atoms. The van der Waals surface area contributed by atoms with Gasteiger partial charge < -0.3 is 15.4 Å². The molecule has 2 N–H and O–H groups in total. The standard InChI is InChI=1S/C22H23FN4O2/c1-15(2)29-18-9-7-17(8-10-18)27-22(28)20-13-21(26-14-25-20)24-12-11-16-5-3-4-6-19(16)23/h3-10,13-15H,11-12H2,1-2H3,(H,27,28)(H,24,25,26). The number of rotatable bonds is 8. The highest BCUT2D eigenvalue weighted by Gasteiger charge is 2.10. The lowest BCUT2D eigenvalue weighted by Crippen LogP contribution is -2.15. The number of carbonyl (C=O) groups is 1. The van der Waals surface area contributed by atoms with E-state index in [0.717, 1.165) is 5.75 Å². The van der Waals surface area contributed by atoms with E-state index in [1.165, 1.54) is 12.4 Å². The van der Waals surface area contributed by atoms with E-state index in [1.54, 1.807) is 48.5 Å². The Morgan fingerprint density at radius 2 is 1.86 bits per heavy atom. The van der Waals surface area contributed by atoms with Gasteiger partial charge in [0.2, 0.25) is 0 Å². The molecule has 0 saturated heterocycles. The van der Waals surface area contributed by atoms with E-state index >= 15 is 0 Å². The van der Waals surface area contributed by atoms with Crippen molar-refractivity contribution in [1.29, 1.82) is 0 Å². The molecule has 0 bridgehead atoms. The third-order valence-electron chi connectivity index (χ3n) is 4.04. The van der Waals surface area contributed by atoms with E-state index in [-0.39, 0.29) is 23.5 Å². The first-order valence-corrected chi connectivity index (χ1v) is 9.38. The van der Waals surface area contributed by atoms with Crippen molar-refractivity contribution in [2.75, 3.05) is 17.2 Å². The van der Waals surface area contributed by atoms with Gasteiger partial charge in [-0.05, 0) is 56.2 Å². The number of benzene rings is 2. The van der Waals surface area contributed by atoms with Gasteiger partial charge in [0.05, 0.1) is 6.10 Å². The number of amides is 1. The number of aromatic nitrogens is 2. The molecule has 0 atom stereocenters. The van der Waals surface area contributed by atoms with Crippen molar-refractivity contribution < 1.29 is 13.9 Å². The fraction of sp³-hybridized carbons (Fsp3) is 0.227. The van der Waals surface area contributed by atoms with Crippen LogP contribution in [0.15, 0.2) is 60.9 Å². The minimum absolute atomic E-state index is 0.0840. The summed E-state index contributed by atoms with van der Waals surface area (Å²) in [5, 5.41) is 5.88. The molecular formula is C22H23FN4O2. The Kier molecular flexibility index (Phi) is 6.73. The zero-order valence-electron chi connectivity index (χ0n) is 16.4. The van der Waals surface area contributed by atoms with Gasteiger partial charge in [-0.2, -0.15) is 0 Å². The van der Waals surface area contributed by atoms with Crippen molar-refractivity contribution in [2.45, 2.75) is 26.4 Å². The second-order valence-electron chi connectivity index (χ2n) is 6.70. The van der Waals surface area contributed by atoms with E-state index < -0.39 is 0 Å². The van der Waals surface area contributed by atoms with E-state index in [1.807, 2.05) is 13.8 Å². The molecule has 0 saturated carbocycles. The molecule has 3 rings (SSSR count). The van der Waals surface area contributed by atoms with Gasteiger partial charge >= 0.3 is 0 Å². The van der Waals surface area contributed by atoms with Crippen molar-refractivity contribution in [1.82, 2.24) is 9.97 Å². The highest BCUT2D eigenvalue weighted by atomic mass is 19.1. The third kappa shape index (κ3) is 6.00. The lowest BCUT2D eigenvalue weighted by Gasteiger charge is -2.11. The van der Waals surface area contributed by atoms with Crippen LogP contribution in [0.3, 0.4) is 0 Å². The topological polar surface area (TPSA) is 76.1 Å². The summed E-state index contributed by atoms with van der Waals surface area (Å²) in [6.07, 6.45) is 1.91. The number of ether oxygens (including phenoxy) is 1. The summed E-state index contributed by atoms with van der Waals surface area (Å²) in [5.74, 6) is 0.660. The molecular weight excluding hydrogens is 371 g/mol. The SMILES string of the molecule is CC(C)Oc1ccc(NC(=O)c2cc(NCCc3ccccc3F)ncn2)cc1. The zero-order valence-corrected chi connectivity index (χ0v) is 16.4. The van der Waals surface area contributed by atoms with Gasteiger partial charge in [-0.25, -0.2) is 14.4 Å².